The second-order valence-corrected chi connectivity index (χ2v) is 9.43. The quantitative estimate of drug-likeness (QED) is 0.612. The van der Waals surface area contributed by atoms with E-state index in [-0.39, 0.29) is 5.41 Å². The van der Waals surface area contributed by atoms with Gasteiger partial charge in [0.25, 0.3) is 0 Å². The molecule has 0 spiro atoms. The minimum absolute atomic E-state index is 0.383. The zero-order valence-electron chi connectivity index (χ0n) is 17.1. The fraction of sp³-hybridized carbons (Fsp3) is 0.696. The van der Waals surface area contributed by atoms with Gasteiger partial charge >= 0.3 is 5.97 Å². The van der Waals surface area contributed by atoms with Crippen molar-refractivity contribution < 1.29 is 9.90 Å². The highest BCUT2D eigenvalue weighted by molar-refractivity contribution is 5.77. The van der Waals surface area contributed by atoms with Crippen molar-refractivity contribution in [3.63, 3.8) is 0 Å². The predicted molar refractivity (Wildman–Crippen MR) is 105 cm³/mol. The molecule has 0 aromatic heterocycles. The van der Waals surface area contributed by atoms with E-state index in [9.17, 15) is 9.90 Å². The molecule has 1 aromatic carbocycles. The van der Waals surface area contributed by atoms with E-state index in [0.29, 0.717) is 5.41 Å². The fourth-order valence-corrected chi connectivity index (χ4v) is 3.93. The van der Waals surface area contributed by atoms with Gasteiger partial charge in [-0.25, -0.2) is 0 Å². The largest absolute Gasteiger partial charge is 0.481 e. The Morgan fingerprint density at radius 1 is 1.08 bits per heavy atom. The van der Waals surface area contributed by atoms with Crippen molar-refractivity contribution in [2.24, 2.45) is 10.8 Å². The summed E-state index contributed by atoms with van der Waals surface area (Å²) >= 11 is 0. The van der Waals surface area contributed by atoms with Crippen molar-refractivity contribution in [1.29, 1.82) is 0 Å². The number of hydrogen-bond acceptors (Lipinski definition) is 1. The van der Waals surface area contributed by atoms with E-state index in [2.05, 4.69) is 47.6 Å². The van der Waals surface area contributed by atoms with Crippen LogP contribution in [0.2, 0.25) is 0 Å². The smallest absolute Gasteiger partial charge is 0.309 e. The first-order valence-electron chi connectivity index (χ1n) is 9.88. The summed E-state index contributed by atoms with van der Waals surface area (Å²) in [5.74, 6) is -0.589. The number of carbonyl (C=O) groups is 1. The van der Waals surface area contributed by atoms with E-state index in [1.807, 2.05) is 0 Å². The van der Waals surface area contributed by atoms with Gasteiger partial charge < -0.3 is 5.11 Å². The molecule has 2 heteroatoms. The standard InChI is InChI=1S/C23H36O2/c1-16-15-19(9-7-12-23(13-14-23)21(24)25)20(18(3)17(16)2)10-8-11-22(4,5)6/h15H,7-14H2,1-6H3,(H,24,25). The van der Waals surface area contributed by atoms with Crippen molar-refractivity contribution in [2.75, 3.05) is 0 Å². The lowest BCUT2D eigenvalue weighted by atomic mass is 9.84. The molecule has 0 amide bonds. The van der Waals surface area contributed by atoms with Crippen LogP contribution in [0, 0.1) is 31.6 Å². The molecule has 0 radical (unpaired) electrons. The van der Waals surface area contributed by atoms with Gasteiger partial charge in [-0.15, -0.1) is 0 Å². The first-order valence-corrected chi connectivity index (χ1v) is 9.88. The van der Waals surface area contributed by atoms with E-state index < -0.39 is 5.97 Å². The molecule has 2 nitrogen and oxygen atoms in total. The van der Waals surface area contributed by atoms with E-state index in [1.54, 1.807) is 0 Å². The van der Waals surface area contributed by atoms with Crippen LogP contribution in [0.15, 0.2) is 6.07 Å². The van der Waals surface area contributed by atoms with Gasteiger partial charge in [0.15, 0.2) is 0 Å². The maximum Gasteiger partial charge on any atom is 0.309 e. The van der Waals surface area contributed by atoms with Crippen molar-refractivity contribution in [3.05, 3.63) is 33.9 Å². The number of aliphatic carboxylic acids is 1. The summed E-state index contributed by atoms with van der Waals surface area (Å²) in [4.78, 5) is 11.4. The molecular weight excluding hydrogens is 308 g/mol. The Bertz CT molecular complexity index is 630. The Hall–Kier alpha value is -1.31. The second kappa shape index (κ2) is 7.51. The Morgan fingerprint density at radius 3 is 2.24 bits per heavy atom. The third kappa shape index (κ3) is 5.09. The Kier molecular flexibility index (Phi) is 6.01. The summed E-state index contributed by atoms with van der Waals surface area (Å²) in [5, 5.41) is 9.37. The Labute approximate surface area is 154 Å². The highest BCUT2D eigenvalue weighted by Crippen LogP contribution is 2.50. The third-order valence-electron chi connectivity index (χ3n) is 6.15. The third-order valence-corrected chi connectivity index (χ3v) is 6.15. The zero-order chi connectivity index (χ0) is 18.8. The highest BCUT2D eigenvalue weighted by atomic mass is 16.4. The summed E-state index contributed by atoms with van der Waals surface area (Å²) in [6, 6.07) is 2.36. The highest BCUT2D eigenvalue weighted by Gasteiger charge is 2.49. The van der Waals surface area contributed by atoms with E-state index in [0.717, 1.165) is 38.5 Å². The van der Waals surface area contributed by atoms with Crippen LogP contribution < -0.4 is 0 Å². The van der Waals surface area contributed by atoms with Gasteiger partial charge in [-0.1, -0.05) is 26.8 Å². The number of carboxylic acid groups (broad SMARTS) is 1. The van der Waals surface area contributed by atoms with Gasteiger partial charge in [-0.05, 0) is 105 Å². The minimum Gasteiger partial charge on any atom is -0.481 e. The van der Waals surface area contributed by atoms with Gasteiger partial charge in [0.05, 0.1) is 5.41 Å². The van der Waals surface area contributed by atoms with Crippen molar-refractivity contribution >= 4 is 5.97 Å². The summed E-state index contributed by atoms with van der Waals surface area (Å²) in [6.07, 6.45) is 8.17. The molecule has 0 saturated heterocycles. The van der Waals surface area contributed by atoms with Crippen LogP contribution in [0.5, 0.6) is 0 Å². The van der Waals surface area contributed by atoms with Gasteiger partial charge in [0.1, 0.15) is 0 Å². The molecule has 1 saturated carbocycles. The molecule has 0 heterocycles. The van der Waals surface area contributed by atoms with Crippen LogP contribution in [-0.4, -0.2) is 11.1 Å². The molecular formula is C23H36O2. The molecule has 1 aliphatic rings. The van der Waals surface area contributed by atoms with Crippen molar-refractivity contribution in [1.82, 2.24) is 0 Å². The molecule has 2 rings (SSSR count). The molecule has 1 N–H and O–H groups in total. The number of aryl methyl sites for hydroxylation is 2. The van der Waals surface area contributed by atoms with E-state index in [4.69, 9.17) is 0 Å². The second-order valence-electron chi connectivity index (χ2n) is 9.43. The normalized spacial score (nSPS) is 16.1. The number of hydrogen-bond donors (Lipinski definition) is 1. The molecule has 25 heavy (non-hydrogen) atoms. The first kappa shape index (κ1) is 20.0. The van der Waals surface area contributed by atoms with Gasteiger partial charge in [-0.2, -0.15) is 0 Å². The summed E-state index contributed by atoms with van der Waals surface area (Å²) < 4.78 is 0. The summed E-state index contributed by atoms with van der Waals surface area (Å²) in [5.41, 5.74) is 7.20. The van der Waals surface area contributed by atoms with E-state index in [1.165, 1.54) is 40.7 Å². The number of carboxylic acids is 1. The number of rotatable bonds is 8. The molecule has 0 bridgehead atoms. The van der Waals surface area contributed by atoms with Crippen LogP contribution in [0.4, 0.5) is 0 Å². The van der Waals surface area contributed by atoms with Crippen molar-refractivity contribution in [3.8, 4) is 0 Å². The average molecular weight is 345 g/mol. The molecule has 0 aliphatic heterocycles. The zero-order valence-corrected chi connectivity index (χ0v) is 17.1. The van der Waals surface area contributed by atoms with Gasteiger partial charge in [0, 0.05) is 0 Å². The van der Waals surface area contributed by atoms with Crippen LogP contribution in [0.3, 0.4) is 0 Å². The lowest BCUT2D eigenvalue weighted by Gasteiger charge is -2.21. The van der Waals surface area contributed by atoms with Gasteiger partial charge in [0.2, 0.25) is 0 Å². The minimum atomic E-state index is -0.589. The van der Waals surface area contributed by atoms with Crippen LogP contribution >= 0.6 is 0 Å². The lowest BCUT2D eigenvalue weighted by Crippen LogP contribution is -2.15. The summed E-state index contributed by atoms with van der Waals surface area (Å²) in [7, 11) is 0. The fourth-order valence-electron chi connectivity index (χ4n) is 3.93. The molecule has 0 unspecified atom stereocenters. The van der Waals surface area contributed by atoms with Crippen LogP contribution in [0.25, 0.3) is 0 Å². The maximum atomic E-state index is 11.4. The molecule has 1 aliphatic carbocycles. The average Bonchev–Trinajstić information content (AvgIpc) is 3.28. The molecule has 1 fully saturated rings. The van der Waals surface area contributed by atoms with Crippen LogP contribution in [0.1, 0.15) is 87.1 Å². The lowest BCUT2D eigenvalue weighted by molar-refractivity contribution is -0.143. The first-order chi connectivity index (χ1) is 11.6. The van der Waals surface area contributed by atoms with Crippen molar-refractivity contribution in [2.45, 2.75) is 92.9 Å². The Morgan fingerprint density at radius 2 is 1.72 bits per heavy atom. The predicted octanol–water partition coefficient (Wildman–Crippen LogP) is 6.17. The molecule has 1 aromatic rings. The monoisotopic (exact) mass is 344 g/mol. The van der Waals surface area contributed by atoms with Gasteiger partial charge in [-0.3, -0.25) is 4.79 Å². The molecule has 140 valence electrons. The topological polar surface area (TPSA) is 37.3 Å². The van der Waals surface area contributed by atoms with E-state index >= 15 is 0 Å². The number of benzene rings is 1. The maximum absolute atomic E-state index is 11.4. The Balaban J connectivity index is 2.08. The summed E-state index contributed by atoms with van der Waals surface area (Å²) in [6.45, 7) is 13.6. The SMILES string of the molecule is Cc1cc(CCCC2(C(=O)O)CC2)c(CCCC(C)(C)C)c(C)c1C. The van der Waals surface area contributed by atoms with Crippen LogP contribution in [-0.2, 0) is 17.6 Å². The molecule has 0 atom stereocenters.